The molecule has 1 N–H and O–H groups in total. The summed E-state index contributed by atoms with van der Waals surface area (Å²) in [6.45, 7) is 7.98. The zero-order chi connectivity index (χ0) is 19.3. The zero-order valence-electron chi connectivity index (χ0n) is 14.4. The number of carbonyl (C=O) groups is 1. The molecule has 0 aromatic carbocycles. The van der Waals surface area contributed by atoms with Crippen LogP contribution >= 0.6 is 0 Å². The second-order valence-electron chi connectivity index (χ2n) is 5.54. The summed E-state index contributed by atoms with van der Waals surface area (Å²) in [6, 6.07) is 2.93. The minimum absolute atomic E-state index is 0.0838. The maximum atomic E-state index is 12.4. The van der Waals surface area contributed by atoms with E-state index < -0.39 is 35.6 Å². The molecule has 2 heterocycles. The van der Waals surface area contributed by atoms with Crippen molar-refractivity contribution in [3.8, 4) is 0 Å². The number of hydrogen-bond donors (Lipinski definition) is 1. The number of rotatable bonds is 8. The highest BCUT2D eigenvalue weighted by Gasteiger charge is 2.18. The van der Waals surface area contributed by atoms with E-state index in [9.17, 15) is 19.2 Å². The number of nitrogens with one attached hydrogen (secondary N) is 1. The lowest BCUT2D eigenvalue weighted by atomic mass is 10.2. The Kier molecular flexibility index (Phi) is 5.94. The lowest BCUT2D eigenvalue weighted by Gasteiger charge is -2.14. The normalized spacial score (nSPS) is 11.7. The van der Waals surface area contributed by atoms with Crippen LogP contribution in [0.25, 0.3) is 0 Å². The maximum Gasteiger partial charge on any atom is 0.337 e. The molecule has 2 aromatic rings. The number of hydrogen-bond acceptors (Lipinski definition) is 5. The highest BCUT2D eigenvalue weighted by molar-refractivity contribution is 5.76. The van der Waals surface area contributed by atoms with Gasteiger partial charge in [-0.15, -0.1) is 13.2 Å². The van der Waals surface area contributed by atoms with Gasteiger partial charge in [0.1, 0.15) is 12.3 Å². The molecule has 0 aliphatic rings. The summed E-state index contributed by atoms with van der Waals surface area (Å²) in [5.74, 6) is -0.0338. The molecule has 0 spiro atoms. The van der Waals surface area contributed by atoms with Gasteiger partial charge in [-0.3, -0.25) is 4.79 Å². The first-order valence-electron chi connectivity index (χ1n) is 7.89. The van der Waals surface area contributed by atoms with Crippen LogP contribution < -0.4 is 22.4 Å². The van der Waals surface area contributed by atoms with E-state index in [1.165, 1.54) is 18.4 Å². The number of carbonyl (C=O) groups excluding carboxylic acids is 1. The van der Waals surface area contributed by atoms with Gasteiger partial charge in [-0.2, -0.15) is 0 Å². The van der Waals surface area contributed by atoms with Crippen LogP contribution in [0.4, 0.5) is 0 Å². The van der Waals surface area contributed by atoms with Crippen molar-refractivity contribution in [2.45, 2.75) is 32.6 Å². The van der Waals surface area contributed by atoms with Crippen molar-refractivity contribution in [2.75, 3.05) is 0 Å². The number of nitrogens with zero attached hydrogens (tertiary/aromatic N) is 3. The van der Waals surface area contributed by atoms with E-state index in [0.717, 1.165) is 9.13 Å². The van der Waals surface area contributed by atoms with Crippen LogP contribution in [0.3, 0.4) is 0 Å². The molecule has 0 saturated heterocycles. The largest absolute Gasteiger partial charge is 0.467 e. The first-order valence-corrected chi connectivity index (χ1v) is 7.89. The predicted octanol–water partition coefficient (Wildman–Crippen LogP) is 0.0141. The summed E-state index contributed by atoms with van der Waals surface area (Å²) in [5.41, 5.74) is -2.53. The van der Waals surface area contributed by atoms with Crippen molar-refractivity contribution >= 4 is 5.91 Å². The van der Waals surface area contributed by atoms with Crippen LogP contribution in [0.2, 0.25) is 0 Å². The summed E-state index contributed by atoms with van der Waals surface area (Å²) in [5, 5.41) is 2.63. The van der Waals surface area contributed by atoms with E-state index in [4.69, 9.17) is 4.42 Å². The quantitative estimate of drug-likeness (QED) is 0.668. The Morgan fingerprint density at radius 2 is 1.65 bits per heavy atom. The summed E-state index contributed by atoms with van der Waals surface area (Å²) in [6.07, 6.45) is 4.19. The molecule has 9 nitrogen and oxygen atoms in total. The second-order valence-corrected chi connectivity index (χ2v) is 5.54. The summed E-state index contributed by atoms with van der Waals surface area (Å²) >= 11 is 0. The lowest BCUT2D eigenvalue weighted by molar-refractivity contribution is -0.122. The van der Waals surface area contributed by atoms with E-state index >= 15 is 0 Å². The van der Waals surface area contributed by atoms with Crippen LogP contribution in [-0.4, -0.2) is 19.6 Å². The number of aromatic nitrogens is 3. The van der Waals surface area contributed by atoms with Gasteiger partial charge in [0.25, 0.3) is 0 Å². The summed E-state index contributed by atoms with van der Waals surface area (Å²) in [7, 11) is 0. The standard InChI is InChI=1S/C17H20N4O5/c1-4-8-19-15(23)20(9-5-2)17(25)21(16(19)24)11-14(22)18-12(3)13-7-6-10-26-13/h4-7,10,12H,1-2,8-9,11H2,3H3,(H,18,22)/t12-/m1/s1. The maximum absolute atomic E-state index is 12.4. The lowest BCUT2D eigenvalue weighted by Crippen LogP contribution is -2.55. The summed E-state index contributed by atoms with van der Waals surface area (Å²) in [4.78, 5) is 49.4. The molecule has 1 amide bonds. The van der Waals surface area contributed by atoms with E-state index in [0.29, 0.717) is 10.3 Å². The fourth-order valence-electron chi connectivity index (χ4n) is 2.43. The Labute approximate surface area is 148 Å². The molecule has 0 unspecified atom stereocenters. The topological polar surface area (TPSA) is 108 Å². The van der Waals surface area contributed by atoms with Crippen molar-refractivity contribution < 1.29 is 9.21 Å². The first-order chi connectivity index (χ1) is 12.4. The van der Waals surface area contributed by atoms with Crippen molar-refractivity contribution in [1.29, 1.82) is 0 Å². The van der Waals surface area contributed by atoms with E-state index in [1.807, 2.05) is 0 Å². The molecule has 26 heavy (non-hydrogen) atoms. The van der Waals surface area contributed by atoms with E-state index in [2.05, 4.69) is 18.5 Å². The Bertz CT molecular complexity index is 930. The Morgan fingerprint density at radius 3 is 2.12 bits per heavy atom. The second kappa shape index (κ2) is 8.15. The molecule has 0 fully saturated rings. The fraction of sp³-hybridized carbons (Fsp3) is 0.294. The third-order valence-electron chi connectivity index (χ3n) is 3.66. The molecule has 2 rings (SSSR count). The number of amides is 1. The minimum atomic E-state index is -0.874. The molecular formula is C17H20N4O5. The SMILES string of the molecule is C=CCn1c(=O)n(CC=C)c(=O)n(CC(=O)N[C@H](C)c2ccco2)c1=O. The van der Waals surface area contributed by atoms with E-state index in [-0.39, 0.29) is 13.1 Å². The fourth-order valence-corrected chi connectivity index (χ4v) is 2.43. The van der Waals surface area contributed by atoms with Gasteiger partial charge in [0, 0.05) is 0 Å². The van der Waals surface area contributed by atoms with Crippen LogP contribution in [0, 0.1) is 0 Å². The molecular weight excluding hydrogens is 340 g/mol. The van der Waals surface area contributed by atoms with Gasteiger partial charge < -0.3 is 9.73 Å². The molecule has 0 aliphatic carbocycles. The van der Waals surface area contributed by atoms with Gasteiger partial charge >= 0.3 is 17.1 Å². The number of allylic oxidation sites excluding steroid dienone is 2. The van der Waals surface area contributed by atoms with Gasteiger partial charge in [-0.1, -0.05) is 12.2 Å². The Hall–Kier alpha value is -3.36. The van der Waals surface area contributed by atoms with Crippen LogP contribution in [0.1, 0.15) is 18.7 Å². The average Bonchev–Trinajstić information content (AvgIpc) is 3.14. The monoisotopic (exact) mass is 360 g/mol. The Balaban J connectivity index is 2.38. The molecule has 0 bridgehead atoms. The molecule has 2 aromatic heterocycles. The highest BCUT2D eigenvalue weighted by Crippen LogP contribution is 2.11. The minimum Gasteiger partial charge on any atom is -0.467 e. The molecule has 138 valence electrons. The van der Waals surface area contributed by atoms with Gasteiger partial charge in [-0.25, -0.2) is 28.1 Å². The predicted molar refractivity (Wildman–Crippen MR) is 94.9 cm³/mol. The zero-order valence-corrected chi connectivity index (χ0v) is 14.4. The van der Waals surface area contributed by atoms with Gasteiger partial charge in [0.05, 0.1) is 25.4 Å². The third kappa shape index (κ3) is 3.82. The Morgan fingerprint density at radius 1 is 1.12 bits per heavy atom. The van der Waals surface area contributed by atoms with Gasteiger partial charge in [0.2, 0.25) is 5.91 Å². The third-order valence-corrected chi connectivity index (χ3v) is 3.66. The van der Waals surface area contributed by atoms with Crippen LogP contribution in [0.5, 0.6) is 0 Å². The van der Waals surface area contributed by atoms with Gasteiger partial charge in [-0.05, 0) is 19.1 Å². The van der Waals surface area contributed by atoms with Crippen molar-refractivity contribution in [2.24, 2.45) is 0 Å². The molecule has 1 atom stereocenters. The first kappa shape index (κ1) is 19.0. The molecule has 0 aliphatic heterocycles. The van der Waals surface area contributed by atoms with Crippen molar-refractivity contribution in [3.05, 3.63) is 80.9 Å². The smallest absolute Gasteiger partial charge is 0.337 e. The van der Waals surface area contributed by atoms with Crippen molar-refractivity contribution in [3.63, 3.8) is 0 Å². The highest BCUT2D eigenvalue weighted by atomic mass is 16.3. The van der Waals surface area contributed by atoms with Crippen LogP contribution in [-0.2, 0) is 24.4 Å². The summed E-state index contributed by atoms with van der Waals surface area (Å²) < 4.78 is 7.57. The van der Waals surface area contributed by atoms with E-state index in [1.54, 1.807) is 19.1 Å². The van der Waals surface area contributed by atoms with Crippen molar-refractivity contribution in [1.82, 2.24) is 19.0 Å². The number of furan rings is 1. The average molecular weight is 360 g/mol. The molecule has 9 heteroatoms. The molecule has 0 saturated carbocycles. The van der Waals surface area contributed by atoms with Gasteiger partial charge in [0.15, 0.2) is 0 Å². The van der Waals surface area contributed by atoms with Crippen LogP contribution in [0.15, 0.2) is 62.5 Å². The molecule has 0 radical (unpaired) electrons.